The summed E-state index contributed by atoms with van der Waals surface area (Å²) in [4.78, 5) is 31.9. The Hall–Kier alpha value is -2.73. The molecule has 6 heteroatoms. The number of rotatable bonds is 6. The molecule has 1 heterocycles. The van der Waals surface area contributed by atoms with Gasteiger partial charge in [0.05, 0.1) is 12.8 Å². The normalized spacial score (nSPS) is 17.5. The van der Waals surface area contributed by atoms with Gasteiger partial charge < -0.3 is 9.64 Å². The second kappa shape index (κ2) is 9.18. The minimum Gasteiger partial charge on any atom is -0.497 e. The summed E-state index contributed by atoms with van der Waals surface area (Å²) >= 11 is 1.38. The number of aryl methyl sites for hydroxylation is 1. The number of imide groups is 1. The quantitative estimate of drug-likeness (QED) is 0.587. The van der Waals surface area contributed by atoms with Gasteiger partial charge in [-0.15, -0.1) is 0 Å². The molecular formula is C25H28N2O3S. The average molecular weight is 437 g/mol. The van der Waals surface area contributed by atoms with Crippen molar-refractivity contribution < 1.29 is 14.3 Å². The van der Waals surface area contributed by atoms with E-state index >= 15 is 0 Å². The Kier molecular flexibility index (Phi) is 6.37. The maximum Gasteiger partial charge on any atom is 0.283 e. The van der Waals surface area contributed by atoms with Gasteiger partial charge in [0.1, 0.15) is 16.4 Å². The Morgan fingerprint density at radius 1 is 0.935 bits per heavy atom. The van der Waals surface area contributed by atoms with Crippen LogP contribution in [-0.2, 0) is 9.59 Å². The topological polar surface area (TPSA) is 49.9 Å². The van der Waals surface area contributed by atoms with Crippen molar-refractivity contribution in [3.05, 3.63) is 64.7 Å². The summed E-state index contributed by atoms with van der Waals surface area (Å²) in [6, 6.07) is 15.4. The molecule has 5 nitrogen and oxygen atoms in total. The molecule has 162 valence electrons. The molecule has 1 saturated carbocycles. The molecule has 2 aromatic carbocycles. The zero-order chi connectivity index (χ0) is 22.0. The number of hydrogen-bond acceptors (Lipinski definition) is 5. The third-order valence-corrected chi connectivity index (χ3v) is 7.14. The molecule has 0 N–H and O–H groups in total. The average Bonchev–Trinajstić information content (AvgIpc) is 3.04. The van der Waals surface area contributed by atoms with E-state index in [0.29, 0.717) is 22.0 Å². The number of carbonyl (C=O) groups excluding carboxylic acids is 2. The highest BCUT2D eigenvalue weighted by Crippen LogP contribution is 2.40. The summed E-state index contributed by atoms with van der Waals surface area (Å²) in [5, 5.41) is 0. The van der Waals surface area contributed by atoms with Crippen LogP contribution in [0.1, 0.15) is 37.7 Å². The molecule has 0 radical (unpaired) electrons. The van der Waals surface area contributed by atoms with Crippen molar-refractivity contribution in [1.29, 1.82) is 0 Å². The van der Waals surface area contributed by atoms with Crippen LogP contribution >= 0.6 is 11.8 Å². The number of anilines is 1. The maximum absolute atomic E-state index is 13.6. The standard InChI is InChI=1S/C25H28N2O3S/c1-17-9-15-21(16-10-17)31-23-22(26(2)18-7-5-4-6-8-18)24(28)27(25(23)29)19-11-13-20(30-3)14-12-19/h9-16,18H,4-8H2,1-3H3. The summed E-state index contributed by atoms with van der Waals surface area (Å²) in [7, 11) is 3.56. The van der Waals surface area contributed by atoms with Crippen LogP contribution in [0, 0.1) is 6.92 Å². The van der Waals surface area contributed by atoms with Gasteiger partial charge >= 0.3 is 0 Å². The molecule has 4 rings (SSSR count). The Bertz CT molecular complexity index is 992. The van der Waals surface area contributed by atoms with Gasteiger partial charge in [0, 0.05) is 18.0 Å². The predicted molar refractivity (Wildman–Crippen MR) is 124 cm³/mol. The van der Waals surface area contributed by atoms with Gasteiger partial charge in [-0.2, -0.15) is 0 Å². The van der Waals surface area contributed by atoms with E-state index in [9.17, 15) is 9.59 Å². The van der Waals surface area contributed by atoms with Gasteiger partial charge in [-0.1, -0.05) is 48.7 Å². The van der Waals surface area contributed by atoms with Crippen LogP contribution in [0.4, 0.5) is 5.69 Å². The van der Waals surface area contributed by atoms with Gasteiger partial charge in [-0.25, -0.2) is 4.90 Å². The van der Waals surface area contributed by atoms with Crippen LogP contribution in [0.5, 0.6) is 5.75 Å². The van der Waals surface area contributed by atoms with Crippen molar-refractivity contribution in [2.75, 3.05) is 19.1 Å². The molecule has 0 bridgehead atoms. The lowest BCUT2D eigenvalue weighted by molar-refractivity contribution is -0.121. The third-order valence-electron chi connectivity index (χ3n) is 6.06. The lowest BCUT2D eigenvalue weighted by Gasteiger charge is -2.33. The van der Waals surface area contributed by atoms with Crippen molar-refractivity contribution in [2.24, 2.45) is 0 Å². The predicted octanol–water partition coefficient (Wildman–Crippen LogP) is 5.15. The van der Waals surface area contributed by atoms with E-state index in [0.717, 1.165) is 36.1 Å². The fourth-order valence-corrected chi connectivity index (χ4v) is 5.26. The summed E-state index contributed by atoms with van der Waals surface area (Å²) < 4.78 is 5.22. The highest BCUT2D eigenvalue weighted by atomic mass is 32.2. The number of amides is 2. The number of ether oxygens (including phenoxy) is 1. The molecule has 31 heavy (non-hydrogen) atoms. The van der Waals surface area contributed by atoms with E-state index < -0.39 is 0 Å². The zero-order valence-electron chi connectivity index (χ0n) is 18.3. The number of methoxy groups -OCH3 is 1. The van der Waals surface area contributed by atoms with Gasteiger partial charge in [-0.05, 0) is 56.2 Å². The van der Waals surface area contributed by atoms with Crippen molar-refractivity contribution in [3.8, 4) is 5.75 Å². The van der Waals surface area contributed by atoms with Crippen molar-refractivity contribution in [1.82, 2.24) is 4.90 Å². The number of nitrogens with zero attached hydrogens (tertiary/aromatic N) is 2. The van der Waals surface area contributed by atoms with Crippen LogP contribution in [0.15, 0.2) is 64.0 Å². The second-order valence-corrected chi connectivity index (χ2v) is 9.22. The van der Waals surface area contributed by atoms with Crippen LogP contribution in [-0.4, -0.2) is 36.9 Å². The van der Waals surface area contributed by atoms with Crippen molar-refractivity contribution in [3.63, 3.8) is 0 Å². The van der Waals surface area contributed by atoms with Crippen LogP contribution in [0.25, 0.3) is 0 Å². The minimum atomic E-state index is -0.265. The zero-order valence-corrected chi connectivity index (χ0v) is 19.1. The molecule has 2 aromatic rings. The van der Waals surface area contributed by atoms with Crippen LogP contribution < -0.4 is 9.64 Å². The van der Waals surface area contributed by atoms with Gasteiger partial charge in [0.15, 0.2) is 0 Å². The lowest BCUT2D eigenvalue weighted by Crippen LogP contribution is -2.38. The molecule has 0 spiro atoms. The first-order valence-corrected chi connectivity index (χ1v) is 11.6. The number of hydrogen-bond donors (Lipinski definition) is 0. The molecule has 1 fully saturated rings. The molecule has 2 amide bonds. The van der Waals surface area contributed by atoms with E-state index in [4.69, 9.17) is 4.74 Å². The lowest BCUT2D eigenvalue weighted by atomic mass is 9.94. The third kappa shape index (κ3) is 4.35. The number of thioether (sulfide) groups is 1. The number of benzene rings is 2. The number of carbonyl (C=O) groups is 2. The van der Waals surface area contributed by atoms with E-state index in [-0.39, 0.29) is 17.9 Å². The van der Waals surface area contributed by atoms with E-state index in [1.54, 1.807) is 31.4 Å². The summed E-state index contributed by atoms with van der Waals surface area (Å²) in [5.74, 6) is 0.167. The number of likely N-dealkylation sites (N-methyl/N-ethyl adjacent to an activating group) is 1. The molecule has 0 atom stereocenters. The first kappa shape index (κ1) is 21.5. The molecular weight excluding hydrogens is 408 g/mol. The van der Waals surface area contributed by atoms with E-state index in [1.807, 2.05) is 38.2 Å². The summed E-state index contributed by atoms with van der Waals surface area (Å²) in [6.07, 6.45) is 5.65. The highest BCUT2D eigenvalue weighted by molar-refractivity contribution is 8.04. The summed E-state index contributed by atoms with van der Waals surface area (Å²) in [6.45, 7) is 2.03. The molecule has 1 aliphatic carbocycles. The van der Waals surface area contributed by atoms with E-state index in [2.05, 4.69) is 4.90 Å². The van der Waals surface area contributed by atoms with Gasteiger partial charge in [0.2, 0.25) is 0 Å². The van der Waals surface area contributed by atoms with Crippen LogP contribution in [0.3, 0.4) is 0 Å². The monoisotopic (exact) mass is 436 g/mol. The van der Waals surface area contributed by atoms with Crippen LogP contribution in [0.2, 0.25) is 0 Å². The highest BCUT2D eigenvalue weighted by Gasteiger charge is 2.43. The smallest absolute Gasteiger partial charge is 0.283 e. The molecule has 2 aliphatic rings. The second-order valence-electron chi connectivity index (χ2n) is 8.14. The maximum atomic E-state index is 13.6. The molecule has 0 saturated heterocycles. The fourth-order valence-electron chi connectivity index (χ4n) is 4.24. The van der Waals surface area contributed by atoms with Crippen molar-refractivity contribution >= 4 is 29.3 Å². The summed E-state index contributed by atoms with van der Waals surface area (Å²) in [5.41, 5.74) is 2.23. The Balaban J connectivity index is 1.71. The Labute approximate surface area is 188 Å². The largest absolute Gasteiger partial charge is 0.497 e. The molecule has 0 aromatic heterocycles. The Morgan fingerprint density at radius 2 is 1.58 bits per heavy atom. The van der Waals surface area contributed by atoms with Gasteiger partial charge in [0.25, 0.3) is 11.8 Å². The minimum absolute atomic E-state index is 0.252. The van der Waals surface area contributed by atoms with Crippen molar-refractivity contribution in [2.45, 2.75) is 50.0 Å². The molecule has 1 aliphatic heterocycles. The first-order chi connectivity index (χ1) is 15.0. The van der Waals surface area contributed by atoms with Gasteiger partial charge in [-0.3, -0.25) is 9.59 Å². The first-order valence-electron chi connectivity index (χ1n) is 10.7. The Morgan fingerprint density at radius 3 is 2.19 bits per heavy atom. The molecule has 0 unspecified atom stereocenters. The SMILES string of the molecule is COc1ccc(N2C(=O)C(Sc3ccc(C)cc3)=C(N(C)C3CCCCC3)C2=O)cc1. The fraction of sp³-hybridized carbons (Fsp3) is 0.360. The van der Waals surface area contributed by atoms with E-state index in [1.165, 1.54) is 23.1 Å².